The first-order chi connectivity index (χ1) is 11.3. The highest BCUT2D eigenvalue weighted by molar-refractivity contribution is 7.89. The van der Waals surface area contributed by atoms with E-state index in [2.05, 4.69) is 20.8 Å². The van der Waals surface area contributed by atoms with Crippen LogP contribution in [0.1, 0.15) is 45.6 Å². The summed E-state index contributed by atoms with van der Waals surface area (Å²) >= 11 is 6.21. The lowest BCUT2D eigenvalue weighted by Gasteiger charge is -2.34. The van der Waals surface area contributed by atoms with Crippen molar-refractivity contribution in [2.24, 2.45) is 11.8 Å². The molecule has 1 aromatic rings. The van der Waals surface area contributed by atoms with Crippen molar-refractivity contribution < 1.29 is 13.2 Å². The summed E-state index contributed by atoms with van der Waals surface area (Å²) in [4.78, 5) is 0.190. The molecular weight excluding hydrogens is 346 g/mol. The van der Waals surface area contributed by atoms with E-state index in [1.807, 2.05) is 6.92 Å². The molecule has 1 fully saturated rings. The minimum atomic E-state index is -3.61. The first-order valence-corrected chi connectivity index (χ1v) is 10.5. The monoisotopic (exact) mass is 373 g/mol. The second-order valence-corrected chi connectivity index (χ2v) is 9.33. The zero-order chi connectivity index (χ0) is 17.9. The van der Waals surface area contributed by atoms with Gasteiger partial charge in [-0.15, -0.1) is 0 Å². The van der Waals surface area contributed by atoms with Crippen LogP contribution in [0, 0.1) is 18.8 Å². The lowest BCUT2D eigenvalue weighted by molar-refractivity contribution is 0.221. The summed E-state index contributed by atoms with van der Waals surface area (Å²) in [6, 6.07) is 3.28. The third kappa shape index (κ3) is 4.44. The van der Waals surface area contributed by atoms with Gasteiger partial charge in [-0.25, -0.2) is 8.42 Å². The Morgan fingerprint density at radius 1 is 1.25 bits per heavy atom. The molecule has 0 radical (unpaired) electrons. The number of hydrogen-bond donors (Lipinski definition) is 0. The maximum atomic E-state index is 13.2. The van der Waals surface area contributed by atoms with Gasteiger partial charge < -0.3 is 4.74 Å². The molecule has 24 heavy (non-hydrogen) atoms. The molecule has 2 unspecified atom stereocenters. The molecule has 0 bridgehead atoms. The third-order valence-corrected chi connectivity index (χ3v) is 6.69. The molecule has 0 aromatic heterocycles. The van der Waals surface area contributed by atoms with Gasteiger partial charge in [0.25, 0.3) is 0 Å². The van der Waals surface area contributed by atoms with Crippen molar-refractivity contribution in [2.45, 2.75) is 51.9 Å². The zero-order valence-electron chi connectivity index (χ0n) is 15.0. The fourth-order valence-electron chi connectivity index (χ4n) is 3.22. The topological polar surface area (TPSA) is 46.6 Å². The molecule has 0 amide bonds. The molecule has 4 nitrogen and oxygen atoms in total. The molecule has 0 saturated carbocycles. The maximum Gasteiger partial charge on any atom is 0.246 e. The Kier molecular flexibility index (Phi) is 6.57. The Hall–Kier alpha value is -0.780. The van der Waals surface area contributed by atoms with Crippen molar-refractivity contribution in [2.75, 3.05) is 19.7 Å². The van der Waals surface area contributed by atoms with E-state index in [0.717, 1.165) is 24.8 Å². The smallest absolute Gasteiger partial charge is 0.246 e. The molecule has 1 saturated heterocycles. The van der Waals surface area contributed by atoms with Gasteiger partial charge in [0.2, 0.25) is 10.0 Å². The Bertz CT molecular complexity index is 665. The van der Waals surface area contributed by atoms with Crippen LogP contribution in [-0.2, 0) is 10.0 Å². The number of nitrogens with zero attached hydrogens (tertiary/aromatic N) is 1. The van der Waals surface area contributed by atoms with Crippen LogP contribution in [0.4, 0.5) is 0 Å². The first-order valence-electron chi connectivity index (χ1n) is 8.68. The number of aryl methyl sites for hydroxylation is 1. The van der Waals surface area contributed by atoms with Crippen LogP contribution >= 0.6 is 11.6 Å². The lowest BCUT2D eigenvalue weighted by Crippen LogP contribution is -2.42. The molecule has 1 aliphatic rings. The molecule has 136 valence electrons. The van der Waals surface area contributed by atoms with Crippen LogP contribution in [-0.4, -0.2) is 32.4 Å². The van der Waals surface area contributed by atoms with Gasteiger partial charge in [0.15, 0.2) is 0 Å². The van der Waals surface area contributed by atoms with E-state index in [1.165, 1.54) is 6.07 Å². The highest BCUT2D eigenvalue weighted by Gasteiger charge is 2.34. The van der Waals surface area contributed by atoms with Crippen LogP contribution in [0.2, 0.25) is 5.02 Å². The van der Waals surface area contributed by atoms with Gasteiger partial charge in [-0.2, -0.15) is 4.31 Å². The summed E-state index contributed by atoms with van der Waals surface area (Å²) in [5, 5.41) is 0.453. The van der Waals surface area contributed by atoms with Gasteiger partial charge >= 0.3 is 0 Å². The Labute approximate surface area is 151 Å². The molecule has 0 N–H and O–H groups in total. The molecule has 2 atom stereocenters. The van der Waals surface area contributed by atoms with Crippen LogP contribution in [0.15, 0.2) is 17.0 Å². The van der Waals surface area contributed by atoms with E-state index in [9.17, 15) is 8.42 Å². The quantitative estimate of drug-likeness (QED) is 0.690. The highest BCUT2D eigenvalue weighted by Crippen LogP contribution is 2.34. The van der Waals surface area contributed by atoms with Crippen molar-refractivity contribution >= 4 is 21.6 Å². The molecule has 2 rings (SSSR count). The maximum absolute atomic E-state index is 13.2. The average molecular weight is 374 g/mol. The largest absolute Gasteiger partial charge is 0.492 e. The number of ether oxygens (including phenoxy) is 1. The van der Waals surface area contributed by atoms with Gasteiger partial charge in [0.05, 0.1) is 6.61 Å². The van der Waals surface area contributed by atoms with Gasteiger partial charge in [-0.05, 0) is 49.3 Å². The van der Waals surface area contributed by atoms with Gasteiger partial charge in [-0.1, -0.05) is 38.8 Å². The van der Waals surface area contributed by atoms with Crippen LogP contribution in [0.3, 0.4) is 0 Å². The van der Waals surface area contributed by atoms with Crippen molar-refractivity contribution in [3.05, 3.63) is 22.7 Å². The van der Waals surface area contributed by atoms with Crippen molar-refractivity contribution in [1.29, 1.82) is 0 Å². The average Bonchev–Trinajstić information content (AvgIpc) is 2.49. The molecule has 0 aliphatic carbocycles. The minimum Gasteiger partial charge on any atom is -0.492 e. The summed E-state index contributed by atoms with van der Waals surface area (Å²) in [5.74, 6) is 1.12. The summed E-state index contributed by atoms with van der Waals surface area (Å²) in [6.07, 6.45) is 2.94. The van der Waals surface area contributed by atoms with E-state index in [1.54, 1.807) is 10.4 Å². The predicted molar refractivity (Wildman–Crippen MR) is 98.3 cm³/mol. The molecule has 1 aromatic carbocycles. The van der Waals surface area contributed by atoms with Crippen LogP contribution < -0.4 is 4.74 Å². The molecule has 6 heteroatoms. The summed E-state index contributed by atoms with van der Waals surface area (Å²) in [5.41, 5.74) is 0.822. The van der Waals surface area contributed by atoms with Crippen molar-refractivity contribution in [3.8, 4) is 5.75 Å². The predicted octanol–water partition coefficient (Wildman–Crippen LogP) is 4.49. The number of sulfonamides is 1. The van der Waals surface area contributed by atoms with E-state index in [4.69, 9.17) is 16.3 Å². The van der Waals surface area contributed by atoms with E-state index in [-0.39, 0.29) is 4.90 Å². The van der Waals surface area contributed by atoms with E-state index >= 15 is 0 Å². The van der Waals surface area contributed by atoms with E-state index < -0.39 is 10.0 Å². The van der Waals surface area contributed by atoms with Crippen molar-refractivity contribution in [1.82, 2.24) is 4.31 Å². The second-order valence-electron chi connectivity index (χ2n) is 7.02. The highest BCUT2D eigenvalue weighted by atomic mass is 35.5. The number of unbranched alkanes of at least 4 members (excludes halogenated alkanes) is 1. The standard InChI is InChI=1S/C18H28ClNO3S/c1-5-6-7-23-17-9-15(4)16(19)10-18(17)24(21,22)20-11-13(2)8-14(3)12-20/h9-10,13-14H,5-8,11-12H2,1-4H3. The van der Waals surface area contributed by atoms with Gasteiger partial charge in [0, 0.05) is 18.1 Å². The van der Waals surface area contributed by atoms with Crippen molar-refractivity contribution in [3.63, 3.8) is 0 Å². The SMILES string of the molecule is CCCCOc1cc(C)c(Cl)cc1S(=O)(=O)N1CC(C)CC(C)C1. The number of benzene rings is 1. The molecule has 0 spiro atoms. The van der Waals surface area contributed by atoms with Gasteiger partial charge in [-0.3, -0.25) is 0 Å². The van der Waals surface area contributed by atoms with Gasteiger partial charge in [0.1, 0.15) is 10.6 Å². The number of piperidine rings is 1. The number of hydrogen-bond acceptors (Lipinski definition) is 3. The third-order valence-electron chi connectivity index (χ3n) is 4.43. The van der Waals surface area contributed by atoms with E-state index in [0.29, 0.717) is 42.3 Å². The zero-order valence-corrected chi connectivity index (χ0v) is 16.6. The molecular formula is C18H28ClNO3S. The fraction of sp³-hybridized carbons (Fsp3) is 0.667. The second kappa shape index (κ2) is 8.07. The Morgan fingerprint density at radius 2 is 1.88 bits per heavy atom. The number of rotatable bonds is 6. The van der Waals surface area contributed by atoms with Crippen LogP contribution in [0.5, 0.6) is 5.75 Å². The minimum absolute atomic E-state index is 0.190. The Balaban J connectivity index is 2.38. The molecule has 1 heterocycles. The summed E-state index contributed by atoms with van der Waals surface area (Å²) < 4.78 is 33.7. The molecule has 1 aliphatic heterocycles. The summed E-state index contributed by atoms with van der Waals surface area (Å²) in [6.45, 7) is 9.73. The number of halogens is 1. The Morgan fingerprint density at radius 3 is 2.46 bits per heavy atom. The first kappa shape index (κ1) is 19.5. The van der Waals surface area contributed by atoms with Crippen LogP contribution in [0.25, 0.3) is 0 Å². The normalized spacial score (nSPS) is 22.5. The summed E-state index contributed by atoms with van der Waals surface area (Å²) in [7, 11) is -3.61. The fourth-order valence-corrected chi connectivity index (χ4v) is 5.27. The lowest BCUT2D eigenvalue weighted by atomic mass is 9.94.